The van der Waals surface area contributed by atoms with Gasteiger partial charge in [-0.2, -0.15) is 0 Å². The molecule has 1 aromatic rings. The summed E-state index contributed by atoms with van der Waals surface area (Å²) in [6, 6.07) is 7.09. The van der Waals surface area contributed by atoms with Crippen LogP contribution in [-0.2, 0) is 0 Å². The molecule has 0 aliphatic heterocycles. The van der Waals surface area contributed by atoms with Crippen LogP contribution >= 0.6 is 0 Å². The molecule has 0 aliphatic rings. The summed E-state index contributed by atoms with van der Waals surface area (Å²) in [4.78, 5) is 0. The molecule has 12 heavy (non-hydrogen) atoms. The summed E-state index contributed by atoms with van der Waals surface area (Å²) < 4.78 is -0.979. The minimum Gasteiger partial charge on any atom is -0.612 e. The van der Waals surface area contributed by atoms with Gasteiger partial charge in [0.2, 0.25) is 0 Å². The Balaban J connectivity index is 3.22. The zero-order valence-electron chi connectivity index (χ0n) is 7.11. The van der Waals surface area contributed by atoms with Crippen LogP contribution in [-0.4, -0.2) is 7.05 Å². The Bertz CT molecular complexity index is 326. The maximum Gasteiger partial charge on any atom is 0.314 e. The molecular weight excluding hydrogens is 152 g/mol. The standard InChI is InChI=1S/C9H10N2O/c1-8-5-3-4-6-9(8)11(2,12)7-10/h3-6H,1-2H3. The average Bonchev–Trinajstić information content (AvgIpc) is 2.05. The first-order valence-corrected chi connectivity index (χ1v) is 3.63. The molecule has 0 radical (unpaired) electrons. The lowest BCUT2D eigenvalue weighted by Crippen LogP contribution is -2.32. The molecule has 3 nitrogen and oxygen atoms in total. The van der Waals surface area contributed by atoms with Crippen molar-refractivity contribution in [2.24, 2.45) is 0 Å². The zero-order chi connectivity index (χ0) is 9.19. The molecule has 1 atom stereocenters. The van der Waals surface area contributed by atoms with Crippen LogP contribution in [0.2, 0.25) is 0 Å². The van der Waals surface area contributed by atoms with Gasteiger partial charge in [-0.3, -0.25) is 0 Å². The van der Waals surface area contributed by atoms with Crippen molar-refractivity contribution in [2.45, 2.75) is 6.92 Å². The van der Waals surface area contributed by atoms with Crippen molar-refractivity contribution < 1.29 is 0 Å². The second-order valence-electron chi connectivity index (χ2n) is 2.81. The van der Waals surface area contributed by atoms with Crippen molar-refractivity contribution in [1.82, 2.24) is 4.65 Å². The minimum absolute atomic E-state index is 0.500. The highest BCUT2D eigenvalue weighted by Gasteiger charge is 2.15. The van der Waals surface area contributed by atoms with Crippen LogP contribution in [0.15, 0.2) is 24.3 Å². The van der Waals surface area contributed by atoms with E-state index >= 15 is 0 Å². The van der Waals surface area contributed by atoms with Gasteiger partial charge in [0.15, 0.2) is 0 Å². The van der Waals surface area contributed by atoms with Gasteiger partial charge >= 0.3 is 6.19 Å². The summed E-state index contributed by atoms with van der Waals surface area (Å²) in [7, 11) is 1.32. The largest absolute Gasteiger partial charge is 0.612 e. The summed E-state index contributed by atoms with van der Waals surface area (Å²) in [5.41, 5.74) is 1.34. The Kier molecular flexibility index (Phi) is 2.13. The van der Waals surface area contributed by atoms with Crippen molar-refractivity contribution in [1.29, 1.82) is 5.26 Å². The predicted octanol–water partition coefficient (Wildman–Crippen LogP) is 1.91. The summed E-state index contributed by atoms with van der Waals surface area (Å²) in [6.07, 6.45) is 1.68. The van der Waals surface area contributed by atoms with Crippen LogP contribution in [0, 0.1) is 23.6 Å². The van der Waals surface area contributed by atoms with Crippen LogP contribution in [0.3, 0.4) is 0 Å². The fraction of sp³-hybridized carbons (Fsp3) is 0.222. The molecule has 0 aromatic heterocycles. The highest BCUT2D eigenvalue weighted by Crippen LogP contribution is 2.22. The fourth-order valence-electron chi connectivity index (χ4n) is 1.10. The maximum atomic E-state index is 11.5. The van der Waals surface area contributed by atoms with Crippen molar-refractivity contribution in [3.05, 3.63) is 35.0 Å². The maximum absolute atomic E-state index is 11.5. The topological polar surface area (TPSA) is 46.8 Å². The van der Waals surface area contributed by atoms with E-state index < -0.39 is 4.65 Å². The van der Waals surface area contributed by atoms with E-state index in [1.165, 1.54) is 7.05 Å². The van der Waals surface area contributed by atoms with Crippen LogP contribution in [0.5, 0.6) is 0 Å². The molecule has 0 heterocycles. The molecule has 0 bridgehead atoms. The molecule has 1 unspecified atom stereocenters. The third-order valence-corrected chi connectivity index (χ3v) is 1.77. The number of benzene rings is 1. The van der Waals surface area contributed by atoms with Gasteiger partial charge in [0.05, 0.1) is 7.05 Å². The Labute approximate surface area is 71.6 Å². The van der Waals surface area contributed by atoms with Gasteiger partial charge in [0, 0.05) is 11.6 Å². The number of para-hydroxylation sites is 1. The van der Waals surface area contributed by atoms with E-state index in [4.69, 9.17) is 5.26 Å². The normalized spacial score (nSPS) is 14.8. The third-order valence-electron chi connectivity index (χ3n) is 1.77. The lowest BCUT2D eigenvalue weighted by atomic mass is 10.2. The van der Waals surface area contributed by atoms with E-state index in [0.29, 0.717) is 5.69 Å². The quantitative estimate of drug-likeness (QED) is 0.359. The first-order valence-electron chi connectivity index (χ1n) is 3.63. The molecule has 0 amide bonds. The zero-order valence-corrected chi connectivity index (χ0v) is 7.11. The molecule has 0 spiro atoms. The van der Waals surface area contributed by atoms with Crippen LogP contribution in [0.1, 0.15) is 5.56 Å². The van der Waals surface area contributed by atoms with Gasteiger partial charge in [-0.15, -0.1) is 5.26 Å². The van der Waals surface area contributed by atoms with Crippen molar-refractivity contribution in [2.75, 3.05) is 7.05 Å². The number of aryl methyl sites for hydroxylation is 1. The molecule has 0 fully saturated rings. The number of hydroxylamine groups is 2. The van der Waals surface area contributed by atoms with E-state index in [9.17, 15) is 5.21 Å². The predicted molar refractivity (Wildman–Crippen MR) is 47.9 cm³/mol. The van der Waals surface area contributed by atoms with Gasteiger partial charge in [-0.05, 0) is 6.92 Å². The molecule has 0 aliphatic carbocycles. The van der Waals surface area contributed by atoms with E-state index in [1.807, 2.05) is 19.1 Å². The lowest BCUT2D eigenvalue weighted by Gasteiger charge is -2.28. The fourth-order valence-corrected chi connectivity index (χ4v) is 1.10. The molecule has 3 heteroatoms. The lowest BCUT2D eigenvalue weighted by molar-refractivity contribution is 0.617. The number of nitrogens with zero attached hydrogens (tertiary/aromatic N) is 2. The van der Waals surface area contributed by atoms with E-state index in [1.54, 1.807) is 18.3 Å². The van der Waals surface area contributed by atoms with E-state index in [0.717, 1.165) is 5.56 Å². The number of nitriles is 1. The molecule has 0 saturated carbocycles. The van der Waals surface area contributed by atoms with Crippen molar-refractivity contribution >= 4 is 5.69 Å². The van der Waals surface area contributed by atoms with Gasteiger partial charge in [-0.25, -0.2) is 4.65 Å². The summed E-state index contributed by atoms with van der Waals surface area (Å²) in [6.45, 7) is 1.82. The van der Waals surface area contributed by atoms with Gasteiger partial charge in [0.25, 0.3) is 0 Å². The number of rotatable bonds is 1. The SMILES string of the molecule is Cc1ccccc1[N+](C)([O-])C#N. The number of hydrogen-bond acceptors (Lipinski definition) is 2. The van der Waals surface area contributed by atoms with Crippen molar-refractivity contribution in [3.8, 4) is 6.19 Å². The van der Waals surface area contributed by atoms with Crippen LogP contribution < -0.4 is 4.65 Å². The summed E-state index contributed by atoms with van der Waals surface area (Å²) in [5.74, 6) is 0. The van der Waals surface area contributed by atoms with Gasteiger partial charge in [-0.1, -0.05) is 18.2 Å². The average molecular weight is 162 g/mol. The summed E-state index contributed by atoms with van der Waals surface area (Å²) >= 11 is 0. The third kappa shape index (κ3) is 1.45. The first-order chi connectivity index (χ1) is 5.58. The van der Waals surface area contributed by atoms with Gasteiger partial charge in [0.1, 0.15) is 5.69 Å². The summed E-state index contributed by atoms with van der Waals surface area (Å²) in [5, 5.41) is 20.1. The smallest absolute Gasteiger partial charge is 0.314 e. The highest BCUT2D eigenvalue weighted by molar-refractivity contribution is 5.52. The second-order valence-corrected chi connectivity index (χ2v) is 2.81. The molecule has 1 aromatic carbocycles. The van der Waals surface area contributed by atoms with Crippen molar-refractivity contribution in [3.63, 3.8) is 0 Å². The first kappa shape index (κ1) is 8.72. The Morgan fingerprint density at radius 1 is 1.42 bits per heavy atom. The Morgan fingerprint density at radius 2 is 2.00 bits per heavy atom. The van der Waals surface area contributed by atoms with Crippen LogP contribution in [0.25, 0.3) is 0 Å². The number of quaternary nitrogens is 1. The second kappa shape index (κ2) is 2.94. The van der Waals surface area contributed by atoms with E-state index in [-0.39, 0.29) is 0 Å². The highest BCUT2D eigenvalue weighted by atomic mass is 16.5. The minimum atomic E-state index is -0.979. The monoisotopic (exact) mass is 162 g/mol. The molecule has 0 N–H and O–H groups in total. The molecular formula is C9H10N2O. The van der Waals surface area contributed by atoms with Crippen LogP contribution in [0.4, 0.5) is 5.69 Å². The Morgan fingerprint density at radius 3 is 2.50 bits per heavy atom. The number of hydrogen-bond donors (Lipinski definition) is 0. The Hall–Kier alpha value is -1.37. The van der Waals surface area contributed by atoms with E-state index in [2.05, 4.69) is 0 Å². The van der Waals surface area contributed by atoms with Gasteiger partial charge < -0.3 is 5.21 Å². The molecule has 0 saturated heterocycles. The molecule has 1 rings (SSSR count). The molecule has 62 valence electrons.